The predicted molar refractivity (Wildman–Crippen MR) is 200 cm³/mol. The minimum Gasteiger partial charge on any atom is -0.236 e. The summed E-state index contributed by atoms with van der Waals surface area (Å²) in [6, 6.07) is 34.8. The van der Waals surface area contributed by atoms with E-state index < -0.39 is 7.92 Å². The number of para-hydroxylation sites is 1. The second-order valence-corrected chi connectivity index (χ2v) is 20.3. The molecule has 0 atom stereocenters. The summed E-state index contributed by atoms with van der Waals surface area (Å²) < 4.78 is 4.43. The number of benzene rings is 3. The molecule has 0 unspecified atom stereocenters. The Morgan fingerprint density at radius 2 is 0.959 bits per heavy atom. The molecular formula is C44H47N4P. The Labute approximate surface area is 292 Å². The molecule has 8 bridgehead atoms. The maximum Gasteiger partial charge on any atom is 0.119 e. The Kier molecular flexibility index (Phi) is 6.57. The third-order valence-electron chi connectivity index (χ3n) is 13.9. The quantitative estimate of drug-likeness (QED) is 0.163. The molecule has 13 rings (SSSR count). The van der Waals surface area contributed by atoms with Gasteiger partial charge in [0.25, 0.3) is 0 Å². The molecule has 2 heterocycles. The van der Waals surface area contributed by atoms with Gasteiger partial charge in [-0.1, -0.05) is 78.9 Å². The van der Waals surface area contributed by atoms with Crippen LogP contribution in [0.3, 0.4) is 0 Å². The Morgan fingerprint density at radius 1 is 0.510 bits per heavy atom. The molecule has 0 N–H and O–H groups in total. The van der Waals surface area contributed by atoms with Gasteiger partial charge in [0.05, 0.1) is 11.1 Å². The highest BCUT2D eigenvalue weighted by Gasteiger charge is 2.63. The lowest BCUT2D eigenvalue weighted by molar-refractivity contribution is 0.0194. The lowest BCUT2D eigenvalue weighted by atomic mass is 9.55. The first-order valence-corrected chi connectivity index (χ1v) is 20.6. The molecule has 8 aliphatic rings. The minimum atomic E-state index is -0.397. The number of hydrogen-bond donors (Lipinski definition) is 0. The molecule has 5 aromatic rings. The first-order chi connectivity index (χ1) is 24.1. The molecule has 4 nitrogen and oxygen atoms in total. The summed E-state index contributed by atoms with van der Waals surface area (Å²) in [7, 11) is -0.397. The first kappa shape index (κ1) is 29.3. The topological polar surface area (TPSA) is 35.6 Å². The summed E-state index contributed by atoms with van der Waals surface area (Å²) in [6.45, 7) is 0. The highest BCUT2D eigenvalue weighted by Crippen LogP contribution is 2.78. The van der Waals surface area contributed by atoms with Crippen molar-refractivity contribution in [3.05, 3.63) is 103 Å². The monoisotopic (exact) mass is 662 g/mol. The van der Waals surface area contributed by atoms with Gasteiger partial charge in [0.1, 0.15) is 17.1 Å². The molecule has 0 saturated heterocycles. The van der Waals surface area contributed by atoms with E-state index in [2.05, 4.69) is 113 Å². The maximum atomic E-state index is 5.87. The summed E-state index contributed by atoms with van der Waals surface area (Å²) in [5.41, 5.74) is 8.02. The van der Waals surface area contributed by atoms with Crippen molar-refractivity contribution >= 4 is 13.4 Å². The van der Waals surface area contributed by atoms with Crippen molar-refractivity contribution in [3.63, 3.8) is 0 Å². The molecule has 2 aromatic heterocycles. The summed E-state index contributed by atoms with van der Waals surface area (Å²) >= 11 is 0. The largest absolute Gasteiger partial charge is 0.236 e. The number of rotatable bonds is 7. The lowest BCUT2D eigenvalue weighted by Gasteiger charge is -2.67. The zero-order valence-electron chi connectivity index (χ0n) is 28.5. The Bertz CT molecular complexity index is 1880. The van der Waals surface area contributed by atoms with E-state index in [0.717, 1.165) is 69.4 Å². The fourth-order valence-electron chi connectivity index (χ4n) is 13.3. The van der Waals surface area contributed by atoms with E-state index in [1.807, 2.05) is 0 Å². The Hall–Kier alpha value is -3.49. The van der Waals surface area contributed by atoms with Crippen LogP contribution in [0.25, 0.3) is 33.9 Å². The summed E-state index contributed by atoms with van der Waals surface area (Å²) in [6.07, 6.45) is 20.3. The molecule has 8 fully saturated rings. The molecule has 0 aliphatic heterocycles. The molecule has 8 saturated carbocycles. The van der Waals surface area contributed by atoms with Crippen LogP contribution in [0.5, 0.6) is 0 Å². The standard InChI is InChI=1S/C44H47N4P/c1-4-10-36(11-5-1)40-42(41(37-12-6-2-7-13-37)48(46-40)38-14-8-3-9-15-38)47-17-16-39(45-47)49(43-24-30-18-31(25-43)20-32(19-30)26-43)44-27-33-21-34(28-44)23-35(22-33)29-44/h1-17,30-35H,18-29H2. The van der Waals surface area contributed by atoms with Gasteiger partial charge in [-0.3, -0.25) is 0 Å². The molecule has 248 valence electrons. The van der Waals surface area contributed by atoms with Gasteiger partial charge in [-0.05, 0) is 149 Å². The van der Waals surface area contributed by atoms with Crippen molar-refractivity contribution in [3.8, 4) is 33.9 Å². The van der Waals surface area contributed by atoms with E-state index in [1.54, 1.807) is 0 Å². The van der Waals surface area contributed by atoms with E-state index in [4.69, 9.17) is 10.2 Å². The Balaban J connectivity index is 1.12. The van der Waals surface area contributed by atoms with E-state index in [0.29, 0.717) is 10.3 Å². The zero-order chi connectivity index (χ0) is 32.2. The fourth-order valence-corrected chi connectivity index (χ4v) is 18.3. The first-order valence-electron chi connectivity index (χ1n) is 19.3. The molecule has 0 spiro atoms. The van der Waals surface area contributed by atoms with Crippen LogP contribution < -0.4 is 5.44 Å². The van der Waals surface area contributed by atoms with Crippen LogP contribution in [0.15, 0.2) is 103 Å². The van der Waals surface area contributed by atoms with Crippen LogP contribution in [0.1, 0.15) is 77.0 Å². The van der Waals surface area contributed by atoms with Crippen molar-refractivity contribution < 1.29 is 0 Å². The van der Waals surface area contributed by atoms with Gasteiger partial charge in [0.15, 0.2) is 0 Å². The van der Waals surface area contributed by atoms with E-state index in [1.165, 1.54) is 82.5 Å². The van der Waals surface area contributed by atoms with Gasteiger partial charge in [-0.25, -0.2) is 9.36 Å². The summed E-state index contributed by atoms with van der Waals surface area (Å²) in [5, 5.41) is 12.3. The predicted octanol–water partition coefficient (Wildman–Crippen LogP) is 10.4. The number of nitrogens with zero attached hydrogens (tertiary/aromatic N) is 4. The van der Waals surface area contributed by atoms with Crippen molar-refractivity contribution in [2.75, 3.05) is 0 Å². The van der Waals surface area contributed by atoms with Gasteiger partial charge in [-0.2, -0.15) is 10.2 Å². The maximum absolute atomic E-state index is 5.87. The van der Waals surface area contributed by atoms with Gasteiger partial charge in [0.2, 0.25) is 0 Å². The second kappa shape index (κ2) is 11.0. The smallest absolute Gasteiger partial charge is 0.119 e. The van der Waals surface area contributed by atoms with Crippen molar-refractivity contribution in [2.24, 2.45) is 35.5 Å². The third-order valence-corrected chi connectivity index (χ3v) is 17.6. The number of hydrogen-bond acceptors (Lipinski definition) is 2. The van der Waals surface area contributed by atoms with E-state index in [9.17, 15) is 0 Å². The van der Waals surface area contributed by atoms with Crippen LogP contribution in [0, 0.1) is 35.5 Å². The van der Waals surface area contributed by atoms with Gasteiger partial charge >= 0.3 is 0 Å². The Morgan fingerprint density at radius 3 is 1.45 bits per heavy atom. The molecule has 3 aromatic carbocycles. The van der Waals surface area contributed by atoms with Gasteiger partial charge in [0, 0.05) is 17.3 Å². The molecule has 49 heavy (non-hydrogen) atoms. The highest BCUT2D eigenvalue weighted by molar-refractivity contribution is 7.68. The van der Waals surface area contributed by atoms with Crippen LogP contribution >= 0.6 is 7.92 Å². The molecule has 8 aliphatic carbocycles. The second-order valence-electron chi connectivity index (χ2n) is 17.3. The average Bonchev–Trinajstić information content (AvgIpc) is 3.73. The van der Waals surface area contributed by atoms with E-state index in [-0.39, 0.29) is 0 Å². The van der Waals surface area contributed by atoms with E-state index >= 15 is 0 Å². The summed E-state index contributed by atoms with van der Waals surface area (Å²) in [5.74, 6) is 5.78. The van der Waals surface area contributed by atoms with Crippen LogP contribution in [-0.4, -0.2) is 29.9 Å². The average molecular weight is 663 g/mol. The zero-order valence-corrected chi connectivity index (χ0v) is 29.4. The summed E-state index contributed by atoms with van der Waals surface area (Å²) in [4.78, 5) is 0. The van der Waals surface area contributed by atoms with Crippen LogP contribution in [0.2, 0.25) is 0 Å². The van der Waals surface area contributed by atoms with Crippen LogP contribution in [-0.2, 0) is 0 Å². The highest BCUT2D eigenvalue weighted by atomic mass is 31.1. The molecule has 5 heteroatoms. The number of aromatic nitrogens is 4. The molecular weight excluding hydrogens is 615 g/mol. The van der Waals surface area contributed by atoms with Crippen molar-refractivity contribution in [1.29, 1.82) is 0 Å². The van der Waals surface area contributed by atoms with Crippen LogP contribution in [0.4, 0.5) is 0 Å². The van der Waals surface area contributed by atoms with Crippen molar-refractivity contribution in [2.45, 2.75) is 87.4 Å². The minimum absolute atomic E-state index is 0.397. The third kappa shape index (κ3) is 4.65. The fraction of sp³-hybridized carbons (Fsp3) is 0.455. The van der Waals surface area contributed by atoms with Gasteiger partial charge < -0.3 is 0 Å². The lowest BCUT2D eigenvalue weighted by Crippen LogP contribution is -2.58. The van der Waals surface area contributed by atoms with Crippen molar-refractivity contribution in [1.82, 2.24) is 19.6 Å². The van der Waals surface area contributed by atoms with Gasteiger partial charge in [-0.15, -0.1) is 0 Å². The molecule has 0 amide bonds. The SMILES string of the molecule is c1ccc(-c2nn(-c3ccccc3)c(-c3ccccc3)c2-n2ccc(P(C34CC5CC(CC(C5)C3)C4)C34CC5CC(CC(C5)C3)C4)n2)cc1. The molecule has 0 radical (unpaired) electrons. The normalized spacial score (nSPS) is 34.4.